The molecule has 0 amide bonds. The topological polar surface area (TPSA) is 49.7 Å². The van der Waals surface area contributed by atoms with Crippen LogP contribution < -0.4 is 0 Å². The van der Waals surface area contributed by atoms with E-state index in [4.69, 9.17) is 0 Å². The average Bonchev–Trinajstić information content (AvgIpc) is 2.66. The van der Waals surface area contributed by atoms with Crippen LogP contribution in [0.4, 0.5) is 0 Å². The molecule has 1 aliphatic heterocycles. The molecule has 0 radical (unpaired) electrons. The minimum absolute atomic E-state index is 0.323. The third-order valence-corrected chi connectivity index (χ3v) is 5.02. The van der Waals surface area contributed by atoms with Gasteiger partial charge in [0.15, 0.2) is 0 Å². The molecular weight excluding hydrogens is 339 g/mol. The highest BCUT2D eigenvalue weighted by molar-refractivity contribution is 14.1. The molecule has 6 heteroatoms. The predicted molar refractivity (Wildman–Crippen MR) is 71.0 cm³/mol. The lowest BCUT2D eigenvalue weighted by atomic mass is 10.4. The van der Waals surface area contributed by atoms with Gasteiger partial charge in [-0.1, -0.05) is 0 Å². The van der Waals surface area contributed by atoms with Crippen LogP contribution in [0.15, 0.2) is 34.2 Å². The summed E-state index contributed by atoms with van der Waals surface area (Å²) in [5.41, 5.74) is 0. The number of halogens is 1. The summed E-state index contributed by atoms with van der Waals surface area (Å²) in [4.78, 5) is 4.41. The van der Waals surface area contributed by atoms with Gasteiger partial charge < -0.3 is 0 Å². The lowest BCUT2D eigenvalue weighted by Gasteiger charge is -2.18. The minimum Gasteiger partial charge on any atom is -0.270 e. The molecule has 1 aliphatic rings. The van der Waals surface area contributed by atoms with Gasteiger partial charge in [-0.2, -0.15) is 0 Å². The normalized spacial score (nSPS) is 16.4. The Hall–Kier alpha value is -0.630. The zero-order valence-electron chi connectivity index (χ0n) is 8.72. The molecule has 0 unspecified atom stereocenters. The Morgan fingerprint density at radius 3 is 2.44 bits per heavy atom. The number of aliphatic imine (C=N–C) groups is 1. The fourth-order valence-electron chi connectivity index (χ4n) is 1.57. The van der Waals surface area contributed by atoms with Gasteiger partial charge in [0.1, 0.15) is 5.84 Å². The Morgan fingerprint density at radius 2 is 1.94 bits per heavy atom. The van der Waals surface area contributed by atoms with Crippen LogP contribution in [0.25, 0.3) is 0 Å². The molecule has 1 heterocycles. The minimum atomic E-state index is -3.41. The van der Waals surface area contributed by atoms with Crippen molar-refractivity contribution >= 4 is 38.4 Å². The van der Waals surface area contributed by atoms with Crippen molar-refractivity contribution in [3.63, 3.8) is 0 Å². The van der Waals surface area contributed by atoms with Gasteiger partial charge in [0, 0.05) is 3.57 Å². The van der Waals surface area contributed by atoms with Crippen molar-refractivity contribution in [2.24, 2.45) is 4.99 Å². The standard InChI is InChI=1S/C10H11IN2O2S/c1-8-12-6-7-13(8)16(14,15)10-4-2-9(11)3-5-10/h2-5H,6-7H2,1H3. The summed E-state index contributed by atoms with van der Waals surface area (Å²) < 4.78 is 26.8. The number of hydrogen-bond donors (Lipinski definition) is 0. The predicted octanol–water partition coefficient (Wildman–Crippen LogP) is 1.71. The van der Waals surface area contributed by atoms with Crippen LogP contribution in [-0.2, 0) is 10.0 Å². The molecule has 0 saturated carbocycles. The first-order valence-corrected chi connectivity index (χ1v) is 7.33. The molecule has 0 aliphatic carbocycles. The molecule has 0 aromatic heterocycles. The van der Waals surface area contributed by atoms with Gasteiger partial charge in [-0.15, -0.1) is 0 Å². The van der Waals surface area contributed by atoms with Crippen LogP contribution in [0.1, 0.15) is 6.92 Å². The molecule has 4 nitrogen and oxygen atoms in total. The number of nitrogens with zero attached hydrogens (tertiary/aromatic N) is 2. The number of rotatable bonds is 2. The van der Waals surface area contributed by atoms with Crippen LogP contribution in [0.5, 0.6) is 0 Å². The van der Waals surface area contributed by atoms with Gasteiger partial charge in [0.2, 0.25) is 0 Å². The molecule has 0 N–H and O–H groups in total. The first-order chi connectivity index (χ1) is 7.51. The Bertz CT molecular complexity index is 522. The van der Waals surface area contributed by atoms with Gasteiger partial charge in [-0.25, -0.2) is 8.42 Å². The maximum absolute atomic E-state index is 12.2. The van der Waals surface area contributed by atoms with E-state index >= 15 is 0 Å². The van der Waals surface area contributed by atoms with Crippen molar-refractivity contribution in [3.8, 4) is 0 Å². The van der Waals surface area contributed by atoms with Gasteiger partial charge >= 0.3 is 0 Å². The van der Waals surface area contributed by atoms with Crippen LogP contribution >= 0.6 is 22.6 Å². The quantitative estimate of drug-likeness (QED) is 0.763. The Morgan fingerprint density at radius 1 is 1.31 bits per heavy atom. The molecule has 1 aromatic carbocycles. The van der Waals surface area contributed by atoms with E-state index in [9.17, 15) is 8.42 Å². The van der Waals surface area contributed by atoms with Crippen LogP contribution in [-0.4, -0.2) is 31.6 Å². The molecular formula is C10H11IN2O2S. The molecule has 2 rings (SSSR count). The van der Waals surface area contributed by atoms with Crippen LogP contribution in [0.3, 0.4) is 0 Å². The van der Waals surface area contributed by atoms with E-state index in [0.717, 1.165) is 3.57 Å². The molecule has 0 bridgehead atoms. The fourth-order valence-corrected chi connectivity index (χ4v) is 3.39. The molecule has 0 saturated heterocycles. The summed E-state index contributed by atoms with van der Waals surface area (Å²) in [7, 11) is -3.41. The summed E-state index contributed by atoms with van der Waals surface area (Å²) >= 11 is 2.14. The third-order valence-electron chi connectivity index (χ3n) is 2.41. The van der Waals surface area contributed by atoms with E-state index in [1.807, 2.05) is 0 Å². The van der Waals surface area contributed by atoms with E-state index in [0.29, 0.717) is 23.8 Å². The largest absolute Gasteiger partial charge is 0.270 e. The second-order valence-electron chi connectivity index (χ2n) is 3.46. The van der Waals surface area contributed by atoms with Crippen molar-refractivity contribution in [3.05, 3.63) is 27.8 Å². The number of amidine groups is 1. The molecule has 16 heavy (non-hydrogen) atoms. The average molecular weight is 350 g/mol. The van der Waals surface area contributed by atoms with Crippen molar-refractivity contribution in [2.75, 3.05) is 13.1 Å². The van der Waals surface area contributed by atoms with Gasteiger partial charge in [-0.3, -0.25) is 9.30 Å². The first-order valence-electron chi connectivity index (χ1n) is 4.81. The van der Waals surface area contributed by atoms with Gasteiger partial charge in [0.25, 0.3) is 10.0 Å². The summed E-state index contributed by atoms with van der Waals surface area (Å²) in [6.45, 7) is 2.72. The molecule has 0 atom stereocenters. The lowest BCUT2D eigenvalue weighted by Crippen LogP contribution is -2.32. The van der Waals surface area contributed by atoms with Crippen molar-refractivity contribution in [1.82, 2.24) is 4.31 Å². The molecule has 1 aromatic rings. The number of sulfonamides is 1. The Balaban J connectivity index is 2.39. The molecule has 0 spiro atoms. The number of hydrogen-bond acceptors (Lipinski definition) is 3. The van der Waals surface area contributed by atoms with E-state index in [-0.39, 0.29) is 0 Å². The first kappa shape index (κ1) is 11.8. The van der Waals surface area contributed by atoms with E-state index in [2.05, 4.69) is 27.6 Å². The Kier molecular flexibility index (Phi) is 3.20. The Labute approximate surface area is 109 Å². The van der Waals surface area contributed by atoms with Crippen LogP contribution in [0.2, 0.25) is 0 Å². The third kappa shape index (κ3) is 2.08. The fraction of sp³-hybridized carbons (Fsp3) is 0.300. The van der Waals surface area contributed by atoms with Gasteiger partial charge in [0.05, 0.1) is 18.0 Å². The van der Waals surface area contributed by atoms with E-state index in [1.165, 1.54) is 4.31 Å². The number of benzene rings is 1. The second kappa shape index (κ2) is 4.33. The summed E-state index contributed by atoms with van der Waals surface area (Å²) in [6, 6.07) is 6.83. The zero-order chi connectivity index (χ0) is 11.8. The smallest absolute Gasteiger partial charge is 0.265 e. The van der Waals surface area contributed by atoms with Gasteiger partial charge in [-0.05, 0) is 53.8 Å². The van der Waals surface area contributed by atoms with E-state index in [1.54, 1.807) is 31.2 Å². The summed E-state index contributed by atoms with van der Waals surface area (Å²) in [5, 5.41) is 0. The second-order valence-corrected chi connectivity index (χ2v) is 6.57. The lowest BCUT2D eigenvalue weighted by molar-refractivity contribution is 0.537. The van der Waals surface area contributed by atoms with Crippen molar-refractivity contribution in [2.45, 2.75) is 11.8 Å². The maximum atomic E-state index is 12.2. The highest BCUT2D eigenvalue weighted by Gasteiger charge is 2.27. The van der Waals surface area contributed by atoms with Crippen molar-refractivity contribution < 1.29 is 8.42 Å². The van der Waals surface area contributed by atoms with Crippen LogP contribution in [0, 0.1) is 3.57 Å². The monoisotopic (exact) mass is 350 g/mol. The SMILES string of the molecule is CC1=NCCN1S(=O)(=O)c1ccc(I)cc1. The van der Waals surface area contributed by atoms with Crippen molar-refractivity contribution in [1.29, 1.82) is 0 Å². The summed E-state index contributed by atoms with van der Waals surface area (Å²) in [5.74, 6) is 0.568. The summed E-state index contributed by atoms with van der Waals surface area (Å²) in [6.07, 6.45) is 0. The molecule has 86 valence electrons. The highest BCUT2D eigenvalue weighted by atomic mass is 127. The zero-order valence-corrected chi connectivity index (χ0v) is 11.7. The highest BCUT2D eigenvalue weighted by Crippen LogP contribution is 2.19. The van der Waals surface area contributed by atoms with E-state index < -0.39 is 10.0 Å². The maximum Gasteiger partial charge on any atom is 0.265 e. The molecule has 0 fully saturated rings.